The normalized spacial score (nSPS) is 13.1. The highest BCUT2D eigenvalue weighted by atomic mass is 32.2. The Labute approximate surface area is 194 Å². The summed E-state index contributed by atoms with van der Waals surface area (Å²) in [7, 11) is 0. The molecule has 4 rings (SSSR count). The highest BCUT2D eigenvalue weighted by Crippen LogP contribution is 2.37. The quantitative estimate of drug-likeness (QED) is 0.522. The number of rotatable bonds is 7. The van der Waals surface area contributed by atoms with Crippen molar-refractivity contribution in [2.24, 2.45) is 5.73 Å². The molecule has 164 valence electrons. The van der Waals surface area contributed by atoms with E-state index in [9.17, 15) is 0 Å². The summed E-state index contributed by atoms with van der Waals surface area (Å²) in [6.45, 7) is 4.88. The molecular weight excluding hydrogens is 414 g/mol. The Balaban J connectivity index is 1.67. The van der Waals surface area contributed by atoms with Crippen molar-refractivity contribution in [2.45, 2.75) is 48.8 Å². The molecule has 0 saturated carbocycles. The minimum absolute atomic E-state index is 0.627. The predicted octanol–water partition coefficient (Wildman–Crippen LogP) is 4.94. The molecule has 0 bridgehead atoms. The number of nitrogens with two attached hydrogens (primary N) is 1. The van der Waals surface area contributed by atoms with Gasteiger partial charge in [-0.3, -0.25) is 4.98 Å². The van der Waals surface area contributed by atoms with Crippen LogP contribution in [0.5, 0.6) is 0 Å². The second kappa shape index (κ2) is 11.1. The smallest absolute Gasteiger partial charge is 0.152 e. The number of aromatic nitrogens is 3. The maximum atomic E-state index is 5.69. The molecular formula is C26H29N5S. The minimum Gasteiger partial charge on any atom is -0.355 e. The van der Waals surface area contributed by atoms with Gasteiger partial charge in [0, 0.05) is 46.6 Å². The third-order valence-corrected chi connectivity index (χ3v) is 6.41. The van der Waals surface area contributed by atoms with Crippen molar-refractivity contribution in [1.29, 1.82) is 0 Å². The molecule has 6 heteroatoms. The summed E-state index contributed by atoms with van der Waals surface area (Å²) >= 11 is 1.69. The fraction of sp³-hybridized carbons (Fsp3) is 0.346. The molecule has 0 atom stereocenters. The second-order valence-electron chi connectivity index (χ2n) is 7.90. The van der Waals surface area contributed by atoms with Gasteiger partial charge in [-0.25, -0.2) is 0 Å². The van der Waals surface area contributed by atoms with E-state index in [0.29, 0.717) is 6.54 Å². The van der Waals surface area contributed by atoms with E-state index < -0.39 is 0 Å². The van der Waals surface area contributed by atoms with E-state index in [0.717, 1.165) is 70.3 Å². The first-order valence-electron chi connectivity index (χ1n) is 11.3. The van der Waals surface area contributed by atoms with Crippen LogP contribution in [0.4, 0.5) is 5.82 Å². The number of hydrogen-bond acceptors (Lipinski definition) is 6. The first kappa shape index (κ1) is 22.3. The Hall–Kier alpha value is -2.88. The van der Waals surface area contributed by atoms with Crippen molar-refractivity contribution >= 4 is 17.6 Å². The molecule has 2 N–H and O–H groups in total. The lowest BCUT2D eigenvalue weighted by Crippen LogP contribution is -2.19. The van der Waals surface area contributed by atoms with Gasteiger partial charge in [0.15, 0.2) is 5.82 Å². The molecule has 0 amide bonds. The van der Waals surface area contributed by atoms with Gasteiger partial charge in [-0.15, -0.1) is 5.10 Å². The molecule has 1 aromatic carbocycles. The van der Waals surface area contributed by atoms with Crippen LogP contribution in [0, 0.1) is 11.8 Å². The molecule has 32 heavy (non-hydrogen) atoms. The highest BCUT2D eigenvalue weighted by molar-refractivity contribution is 7.99. The van der Waals surface area contributed by atoms with Gasteiger partial charge in [-0.05, 0) is 62.1 Å². The van der Waals surface area contributed by atoms with Gasteiger partial charge in [0.25, 0.3) is 0 Å². The molecule has 0 aliphatic carbocycles. The maximum absolute atomic E-state index is 5.69. The zero-order chi connectivity index (χ0) is 22.2. The van der Waals surface area contributed by atoms with Gasteiger partial charge < -0.3 is 10.6 Å². The van der Waals surface area contributed by atoms with Gasteiger partial charge in [0.05, 0.1) is 11.9 Å². The Bertz CT molecular complexity index is 1100. The van der Waals surface area contributed by atoms with E-state index in [1.165, 1.54) is 12.8 Å². The van der Waals surface area contributed by atoms with Crippen molar-refractivity contribution in [3.8, 4) is 23.1 Å². The van der Waals surface area contributed by atoms with E-state index in [1.807, 2.05) is 12.4 Å². The van der Waals surface area contributed by atoms with E-state index in [-0.39, 0.29) is 0 Å². The highest BCUT2D eigenvalue weighted by Gasteiger charge is 2.16. The molecule has 1 saturated heterocycles. The van der Waals surface area contributed by atoms with Crippen LogP contribution in [0.25, 0.3) is 11.3 Å². The number of benzene rings is 1. The van der Waals surface area contributed by atoms with E-state index in [4.69, 9.17) is 10.7 Å². The van der Waals surface area contributed by atoms with Gasteiger partial charge in [-0.1, -0.05) is 42.7 Å². The second-order valence-corrected chi connectivity index (χ2v) is 9.01. The minimum atomic E-state index is 0.627. The summed E-state index contributed by atoms with van der Waals surface area (Å²) < 4.78 is 0. The lowest BCUT2D eigenvalue weighted by Gasteiger charge is -2.16. The molecule has 2 aromatic heterocycles. The molecule has 1 aliphatic heterocycles. The molecule has 1 fully saturated rings. The zero-order valence-corrected chi connectivity index (χ0v) is 19.4. The predicted molar refractivity (Wildman–Crippen MR) is 132 cm³/mol. The van der Waals surface area contributed by atoms with Gasteiger partial charge >= 0.3 is 0 Å². The fourth-order valence-corrected chi connectivity index (χ4v) is 4.69. The number of unbranched alkanes of at least 4 members (excludes halogenated alkanes) is 1. The Kier molecular flexibility index (Phi) is 7.76. The molecule has 3 aromatic rings. The molecule has 1 aliphatic rings. The largest absolute Gasteiger partial charge is 0.355 e. The third-order valence-electron chi connectivity index (χ3n) is 5.40. The van der Waals surface area contributed by atoms with Crippen molar-refractivity contribution in [3.05, 3.63) is 59.9 Å². The van der Waals surface area contributed by atoms with Crippen LogP contribution in [0.3, 0.4) is 0 Å². The lowest BCUT2D eigenvalue weighted by molar-refractivity contribution is 0.880. The van der Waals surface area contributed by atoms with Gasteiger partial charge in [0.1, 0.15) is 0 Å². The first-order valence-corrected chi connectivity index (χ1v) is 12.1. The summed E-state index contributed by atoms with van der Waals surface area (Å²) in [5, 5.41) is 8.63. The van der Waals surface area contributed by atoms with Crippen LogP contribution in [0.1, 0.15) is 43.7 Å². The Morgan fingerprint density at radius 3 is 2.72 bits per heavy atom. The molecule has 0 radical (unpaired) electrons. The van der Waals surface area contributed by atoms with Gasteiger partial charge in [-0.2, -0.15) is 5.10 Å². The molecule has 0 unspecified atom stereocenters. The monoisotopic (exact) mass is 443 g/mol. The number of hydrogen-bond donors (Lipinski definition) is 1. The van der Waals surface area contributed by atoms with Crippen LogP contribution < -0.4 is 10.6 Å². The first-order chi connectivity index (χ1) is 15.8. The van der Waals surface area contributed by atoms with Crippen molar-refractivity contribution in [1.82, 2.24) is 15.2 Å². The van der Waals surface area contributed by atoms with E-state index >= 15 is 0 Å². The molecule has 0 spiro atoms. The molecule has 3 heterocycles. The van der Waals surface area contributed by atoms with E-state index in [1.54, 1.807) is 11.8 Å². The van der Waals surface area contributed by atoms with Crippen LogP contribution in [-0.2, 0) is 6.42 Å². The number of nitrogens with zero attached hydrogens (tertiary/aromatic N) is 4. The van der Waals surface area contributed by atoms with Crippen molar-refractivity contribution in [3.63, 3.8) is 0 Å². The van der Waals surface area contributed by atoms with Crippen molar-refractivity contribution in [2.75, 3.05) is 24.5 Å². The topological polar surface area (TPSA) is 67.9 Å². The summed E-state index contributed by atoms with van der Waals surface area (Å²) in [5.74, 6) is 7.51. The maximum Gasteiger partial charge on any atom is 0.152 e. The number of pyridine rings is 1. The number of anilines is 1. The molecule has 5 nitrogen and oxygen atoms in total. The van der Waals surface area contributed by atoms with Crippen molar-refractivity contribution < 1.29 is 0 Å². The Morgan fingerprint density at radius 2 is 1.97 bits per heavy atom. The third kappa shape index (κ3) is 5.67. The van der Waals surface area contributed by atoms with Crippen LogP contribution in [0.2, 0.25) is 0 Å². The van der Waals surface area contributed by atoms with E-state index in [2.05, 4.69) is 70.3 Å². The summed E-state index contributed by atoms with van der Waals surface area (Å²) in [5.41, 5.74) is 9.90. The average Bonchev–Trinajstić information content (AvgIpc) is 3.36. The Morgan fingerprint density at radius 1 is 1.09 bits per heavy atom. The lowest BCUT2D eigenvalue weighted by atomic mass is 10.1. The van der Waals surface area contributed by atoms with Crippen LogP contribution in [-0.4, -0.2) is 34.8 Å². The summed E-state index contributed by atoms with van der Waals surface area (Å²) in [4.78, 5) is 9.21. The van der Waals surface area contributed by atoms with Crippen LogP contribution >= 0.6 is 11.8 Å². The van der Waals surface area contributed by atoms with Gasteiger partial charge in [0.2, 0.25) is 0 Å². The fourth-order valence-electron chi connectivity index (χ4n) is 3.71. The zero-order valence-electron chi connectivity index (χ0n) is 18.6. The average molecular weight is 444 g/mol. The SMILES string of the molecule is CCCC#Cc1ccc(-c2ccc(CCN)cn2)c(Sc2cnnc(N3CCCC3)c2)c1. The standard InChI is InChI=1S/C26H29N5S/c1-2-3-4-7-20-8-10-23(24-11-9-21(12-13-27)18-28-24)25(16-20)32-22-17-26(30-29-19-22)31-14-5-6-15-31/h8-11,16-19H,2-3,5-6,12-15,27H2,1H3. The summed E-state index contributed by atoms with van der Waals surface area (Å²) in [6.07, 6.45) is 8.99. The van der Waals surface area contributed by atoms with Crippen LogP contribution in [0.15, 0.2) is 58.6 Å². The summed E-state index contributed by atoms with van der Waals surface area (Å²) in [6, 6.07) is 12.7.